The van der Waals surface area contributed by atoms with Gasteiger partial charge in [0.2, 0.25) is 0 Å². The molecule has 1 N–H and O–H groups in total. The molecule has 0 aliphatic carbocycles. The third kappa shape index (κ3) is 1.61. The van der Waals surface area contributed by atoms with E-state index in [0.717, 1.165) is 5.13 Å². The first-order valence-corrected chi connectivity index (χ1v) is 5.07. The van der Waals surface area contributed by atoms with E-state index in [1.165, 1.54) is 17.4 Å². The van der Waals surface area contributed by atoms with Crippen molar-refractivity contribution >= 4 is 16.5 Å². The van der Waals surface area contributed by atoms with Gasteiger partial charge in [-0.2, -0.15) is 0 Å². The Bertz CT molecular complexity index is 439. The Kier molecular flexibility index (Phi) is 2.45. The maximum atomic E-state index is 13.3. The zero-order valence-corrected chi connectivity index (χ0v) is 8.44. The number of nitrogens with one attached hydrogen (secondary N) is 1. The first-order chi connectivity index (χ1) is 6.81. The molecule has 0 radical (unpaired) electrons. The van der Waals surface area contributed by atoms with E-state index < -0.39 is 0 Å². The average molecular weight is 208 g/mol. The fourth-order valence-electron chi connectivity index (χ4n) is 1.18. The van der Waals surface area contributed by atoms with Crippen LogP contribution >= 0.6 is 11.3 Å². The highest BCUT2D eigenvalue weighted by atomic mass is 32.1. The number of rotatable bonds is 2. The van der Waals surface area contributed by atoms with Crippen LogP contribution in [0.2, 0.25) is 0 Å². The molecule has 0 fully saturated rings. The van der Waals surface area contributed by atoms with E-state index in [1.807, 2.05) is 5.38 Å². The van der Waals surface area contributed by atoms with Crippen LogP contribution < -0.4 is 5.32 Å². The van der Waals surface area contributed by atoms with Gasteiger partial charge < -0.3 is 5.32 Å². The molecule has 14 heavy (non-hydrogen) atoms. The van der Waals surface area contributed by atoms with Gasteiger partial charge in [-0.15, -0.1) is 11.3 Å². The number of anilines is 1. The highest BCUT2D eigenvalue weighted by Crippen LogP contribution is 2.26. The molecular formula is C10H9FN2S. The Morgan fingerprint density at radius 1 is 1.36 bits per heavy atom. The number of aromatic nitrogens is 1. The normalized spacial score (nSPS) is 10.1. The molecule has 0 aliphatic rings. The Labute approximate surface area is 85.4 Å². The molecule has 2 aromatic rings. The summed E-state index contributed by atoms with van der Waals surface area (Å²) in [5, 5.41) is 5.55. The molecule has 0 saturated carbocycles. The number of hydrogen-bond donors (Lipinski definition) is 1. The SMILES string of the molecule is CNc1nc(-c2ccccc2F)cs1. The molecule has 1 aromatic carbocycles. The third-order valence-corrected chi connectivity index (χ3v) is 2.73. The minimum Gasteiger partial charge on any atom is -0.365 e. The lowest BCUT2D eigenvalue weighted by atomic mass is 10.2. The lowest BCUT2D eigenvalue weighted by Crippen LogP contribution is -1.87. The maximum Gasteiger partial charge on any atom is 0.182 e. The van der Waals surface area contributed by atoms with E-state index in [9.17, 15) is 4.39 Å². The van der Waals surface area contributed by atoms with Crippen molar-refractivity contribution in [3.63, 3.8) is 0 Å². The molecule has 4 heteroatoms. The summed E-state index contributed by atoms with van der Waals surface area (Å²) in [4.78, 5) is 4.23. The summed E-state index contributed by atoms with van der Waals surface area (Å²) < 4.78 is 13.3. The van der Waals surface area contributed by atoms with Crippen LogP contribution in [0.15, 0.2) is 29.6 Å². The zero-order chi connectivity index (χ0) is 9.97. The summed E-state index contributed by atoms with van der Waals surface area (Å²) in [6, 6.07) is 6.64. The van der Waals surface area contributed by atoms with E-state index in [-0.39, 0.29) is 5.82 Å². The largest absolute Gasteiger partial charge is 0.365 e. The molecule has 1 aromatic heterocycles. The molecular weight excluding hydrogens is 199 g/mol. The minimum absolute atomic E-state index is 0.236. The Hall–Kier alpha value is -1.42. The van der Waals surface area contributed by atoms with Crippen LogP contribution in [0.25, 0.3) is 11.3 Å². The van der Waals surface area contributed by atoms with Crippen molar-refractivity contribution < 1.29 is 4.39 Å². The number of nitrogens with zero attached hydrogens (tertiary/aromatic N) is 1. The van der Waals surface area contributed by atoms with Crippen LogP contribution in [0.5, 0.6) is 0 Å². The molecule has 2 rings (SSSR count). The van der Waals surface area contributed by atoms with Crippen LogP contribution in [0, 0.1) is 5.82 Å². The average Bonchev–Trinajstić information content (AvgIpc) is 2.67. The minimum atomic E-state index is -0.236. The third-order valence-electron chi connectivity index (χ3n) is 1.87. The van der Waals surface area contributed by atoms with Gasteiger partial charge in [0.05, 0.1) is 5.69 Å². The molecule has 0 bridgehead atoms. The predicted octanol–water partition coefficient (Wildman–Crippen LogP) is 2.99. The topological polar surface area (TPSA) is 24.9 Å². The first kappa shape index (κ1) is 9.15. The summed E-state index contributed by atoms with van der Waals surface area (Å²) >= 11 is 1.46. The van der Waals surface area contributed by atoms with E-state index in [0.29, 0.717) is 11.3 Å². The molecule has 0 spiro atoms. The second-order valence-corrected chi connectivity index (χ2v) is 3.63. The number of halogens is 1. The van der Waals surface area contributed by atoms with E-state index >= 15 is 0 Å². The summed E-state index contributed by atoms with van der Waals surface area (Å²) in [5.41, 5.74) is 1.22. The molecule has 2 nitrogen and oxygen atoms in total. The van der Waals surface area contributed by atoms with Crippen LogP contribution in [0.4, 0.5) is 9.52 Å². The van der Waals surface area contributed by atoms with Crippen molar-refractivity contribution in [1.29, 1.82) is 0 Å². The van der Waals surface area contributed by atoms with Crippen molar-refractivity contribution in [2.45, 2.75) is 0 Å². The monoisotopic (exact) mass is 208 g/mol. The maximum absolute atomic E-state index is 13.3. The lowest BCUT2D eigenvalue weighted by Gasteiger charge is -1.97. The fraction of sp³-hybridized carbons (Fsp3) is 0.100. The van der Waals surface area contributed by atoms with Gasteiger partial charge in [0, 0.05) is 18.0 Å². The number of benzene rings is 1. The summed E-state index contributed by atoms with van der Waals surface area (Å²) in [6.07, 6.45) is 0. The lowest BCUT2D eigenvalue weighted by molar-refractivity contribution is 0.631. The molecule has 1 heterocycles. The molecule has 0 aliphatic heterocycles. The summed E-state index contributed by atoms with van der Waals surface area (Å²) in [6.45, 7) is 0. The van der Waals surface area contributed by atoms with E-state index in [2.05, 4.69) is 10.3 Å². The highest BCUT2D eigenvalue weighted by Gasteiger charge is 2.07. The van der Waals surface area contributed by atoms with Crippen molar-refractivity contribution in [3.8, 4) is 11.3 Å². The fourth-order valence-corrected chi connectivity index (χ4v) is 1.85. The Morgan fingerprint density at radius 3 is 2.79 bits per heavy atom. The highest BCUT2D eigenvalue weighted by molar-refractivity contribution is 7.14. The van der Waals surface area contributed by atoms with E-state index in [4.69, 9.17) is 0 Å². The van der Waals surface area contributed by atoms with Crippen LogP contribution in [0.3, 0.4) is 0 Å². The van der Waals surface area contributed by atoms with Gasteiger partial charge in [-0.25, -0.2) is 9.37 Å². The smallest absolute Gasteiger partial charge is 0.182 e. The molecule has 0 unspecified atom stereocenters. The van der Waals surface area contributed by atoms with E-state index in [1.54, 1.807) is 25.2 Å². The molecule has 0 saturated heterocycles. The zero-order valence-electron chi connectivity index (χ0n) is 7.62. The van der Waals surface area contributed by atoms with Gasteiger partial charge >= 0.3 is 0 Å². The number of thiazole rings is 1. The van der Waals surface area contributed by atoms with Gasteiger partial charge in [0.1, 0.15) is 5.82 Å². The van der Waals surface area contributed by atoms with Crippen molar-refractivity contribution in [3.05, 3.63) is 35.5 Å². The van der Waals surface area contributed by atoms with Gasteiger partial charge in [-0.1, -0.05) is 12.1 Å². The number of hydrogen-bond acceptors (Lipinski definition) is 3. The van der Waals surface area contributed by atoms with Crippen LogP contribution in [-0.2, 0) is 0 Å². The molecule has 0 atom stereocenters. The summed E-state index contributed by atoms with van der Waals surface area (Å²) in [5.74, 6) is -0.236. The van der Waals surface area contributed by atoms with Crippen LogP contribution in [-0.4, -0.2) is 12.0 Å². The second kappa shape index (κ2) is 3.75. The quantitative estimate of drug-likeness (QED) is 0.820. The van der Waals surface area contributed by atoms with Crippen LogP contribution in [0.1, 0.15) is 0 Å². The summed E-state index contributed by atoms with van der Waals surface area (Å²) in [7, 11) is 1.80. The first-order valence-electron chi connectivity index (χ1n) is 4.19. The van der Waals surface area contributed by atoms with Crippen molar-refractivity contribution in [2.24, 2.45) is 0 Å². The predicted molar refractivity (Wildman–Crippen MR) is 57.1 cm³/mol. The van der Waals surface area contributed by atoms with Gasteiger partial charge in [0.15, 0.2) is 5.13 Å². The second-order valence-electron chi connectivity index (χ2n) is 2.77. The molecule has 72 valence electrons. The van der Waals surface area contributed by atoms with Gasteiger partial charge in [-0.05, 0) is 12.1 Å². The Balaban J connectivity index is 2.44. The standard InChI is InChI=1S/C10H9FN2S/c1-12-10-13-9(6-14-10)7-4-2-3-5-8(7)11/h2-6H,1H3,(H,12,13). The Morgan fingerprint density at radius 2 is 2.14 bits per heavy atom. The van der Waals surface area contributed by atoms with Gasteiger partial charge in [0.25, 0.3) is 0 Å². The molecule has 0 amide bonds. The van der Waals surface area contributed by atoms with Gasteiger partial charge in [-0.3, -0.25) is 0 Å². The van der Waals surface area contributed by atoms with Crippen molar-refractivity contribution in [2.75, 3.05) is 12.4 Å². The van der Waals surface area contributed by atoms with Crippen molar-refractivity contribution in [1.82, 2.24) is 4.98 Å².